The molecule has 1 aromatic carbocycles. The smallest absolute Gasteiger partial charge is 0.0342 e. The number of anilines is 1. The number of nitrogens with zero attached hydrogens (tertiary/aromatic N) is 1. The van der Waals surface area contributed by atoms with Gasteiger partial charge >= 0.3 is 0 Å². The van der Waals surface area contributed by atoms with Gasteiger partial charge in [0, 0.05) is 18.3 Å². The van der Waals surface area contributed by atoms with E-state index < -0.39 is 0 Å². The van der Waals surface area contributed by atoms with Crippen LogP contribution in [-0.4, -0.2) is 25.0 Å². The minimum Gasteiger partial charge on any atom is -0.382 e. The van der Waals surface area contributed by atoms with Crippen molar-refractivity contribution < 1.29 is 0 Å². The van der Waals surface area contributed by atoms with Crippen molar-refractivity contribution in [1.82, 2.24) is 4.90 Å². The molecule has 1 saturated carbocycles. The maximum Gasteiger partial charge on any atom is 0.0342 e. The zero-order valence-corrected chi connectivity index (χ0v) is 12.7. The van der Waals surface area contributed by atoms with Gasteiger partial charge in [-0.1, -0.05) is 31.9 Å². The summed E-state index contributed by atoms with van der Waals surface area (Å²) in [6.45, 7) is 3.40. The number of hydrogen-bond donors (Lipinski definition) is 1. The second-order valence-electron chi connectivity index (χ2n) is 6.39. The van der Waals surface area contributed by atoms with Gasteiger partial charge in [0.25, 0.3) is 0 Å². The van der Waals surface area contributed by atoms with Crippen LogP contribution in [0.4, 0.5) is 5.69 Å². The molecule has 2 rings (SSSR count). The van der Waals surface area contributed by atoms with Crippen LogP contribution >= 0.6 is 0 Å². The Morgan fingerprint density at radius 3 is 2.47 bits per heavy atom. The van der Waals surface area contributed by atoms with Crippen LogP contribution < -0.4 is 5.32 Å². The number of rotatable bonds is 4. The molecule has 1 aliphatic rings. The molecule has 106 valence electrons. The minimum atomic E-state index is 0.671. The standard InChI is InChI=1S/C17H28N2/c1-14-5-4-6-16(10-7-14)18-17-11-8-15(9-12-17)13-19(2)3/h8-9,11-12,14,16,18H,4-7,10,13H2,1-3H3. The zero-order valence-electron chi connectivity index (χ0n) is 12.7. The molecule has 1 aromatic rings. The maximum absolute atomic E-state index is 3.71. The van der Waals surface area contributed by atoms with Gasteiger partial charge in [-0.15, -0.1) is 0 Å². The Labute approximate surface area is 118 Å². The molecule has 0 aromatic heterocycles. The molecule has 2 unspecified atom stereocenters. The molecule has 1 aliphatic carbocycles. The van der Waals surface area contributed by atoms with Crippen LogP contribution in [-0.2, 0) is 6.54 Å². The summed E-state index contributed by atoms with van der Waals surface area (Å²) in [7, 11) is 4.22. The van der Waals surface area contributed by atoms with Crippen molar-refractivity contribution in [2.75, 3.05) is 19.4 Å². The Kier molecular flexibility index (Phi) is 5.26. The normalized spacial score (nSPS) is 24.2. The average Bonchev–Trinajstić information content (AvgIpc) is 2.56. The molecular formula is C17H28N2. The Morgan fingerprint density at radius 1 is 1.05 bits per heavy atom. The van der Waals surface area contributed by atoms with E-state index in [9.17, 15) is 0 Å². The summed E-state index contributed by atoms with van der Waals surface area (Å²) in [6.07, 6.45) is 6.79. The second kappa shape index (κ2) is 6.95. The topological polar surface area (TPSA) is 15.3 Å². The lowest BCUT2D eigenvalue weighted by molar-refractivity contribution is 0.402. The van der Waals surface area contributed by atoms with Crippen molar-refractivity contribution in [2.45, 2.75) is 51.6 Å². The van der Waals surface area contributed by atoms with Crippen molar-refractivity contribution >= 4 is 5.69 Å². The summed E-state index contributed by atoms with van der Waals surface area (Å²) in [4.78, 5) is 2.20. The first kappa shape index (κ1) is 14.4. The number of nitrogens with one attached hydrogen (secondary N) is 1. The predicted octanol–water partition coefficient (Wildman–Crippen LogP) is 4.13. The zero-order chi connectivity index (χ0) is 13.7. The summed E-state index contributed by atoms with van der Waals surface area (Å²) in [5.74, 6) is 0.911. The molecule has 2 atom stereocenters. The van der Waals surface area contributed by atoms with Gasteiger partial charge in [0.05, 0.1) is 0 Å². The molecule has 19 heavy (non-hydrogen) atoms. The maximum atomic E-state index is 3.71. The van der Waals surface area contributed by atoms with Gasteiger partial charge in [0.2, 0.25) is 0 Å². The van der Waals surface area contributed by atoms with E-state index in [1.54, 1.807) is 0 Å². The van der Waals surface area contributed by atoms with Crippen LogP contribution in [0.2, 0.25) is 0 Å². The van der Waals surface area contributed by atoms with Crippen LogP contribution in [0.15, 0.2) is 24.3 Å². The highest BCUT2D eigenvalue weighted by atomic mass is 15.0. The van der Waals surface area contributed by atoms with Crippen LogP contribution in [0.3, 0.4) is 0 Å². The third-order valence-corrected chi connectivity index (χ3v) is 4.08. The van der Waals surface area contributed by atoms with E-state index in [-0.39, 0.29) is 0 Å². The summed E-state index contributed by atoms with van der Waals surface area (Å²) in [5.41, 5.74) is 2.66. The van der Waals surface area contributed by atoms with Gasteiger partial charge < -0.3 is 10.2 Å². The van der Waals surface area contributed by atoms with E-state index in [1.165, 1.54) is 43.4 Å². The van der Waals surface area contributed by atoms with Gasteiger partial charge in [-0.25, -0.2) is 0 Å². The van der Waals surface area contributed by atoms with Crippen molar-refractivity contribution in [1.29, 1.82) is 0 Å². The average molecular weight is 260 g/mol. The van der Waals surface area contributed by atoms with E-state index in [0.717, 1.165) is 12.5 Å². The fraction of sp³-hybridized carbons (Fsp3) is 0.647. The summed E-state index contributed by atoms with van der Waals surface area (Å²) in [5, 5.41) is 3.71. The minimum absolute atomic E-state index is 0.671. The first-order chi connectivity index (χ1) is 9.13. The monoisotopic (exact) mass is 260 g/mol. The Balaban J connectivity index is 1.88. The van der Waals surface area contributed by atoms with Crippen LogP contribution in [0.25, 0.3) is 0 Å². The molecular weight excluding hydrogens is 232 g/mol. The van der Waals surface area contributed by atoms with Crippen LogP contribution in [0.1, 0.15) is 44.6 Å². The molecule has 0 amide bonds. The lowest BCUT2D eigenvalue weighted by atomic mass is 10.0. The van der Waals surface area contributed by atoms with Gasteiger partial charge in [-0.3, -0.25) is 0 Å². The van der Waals surface area contributed by atoms with Gasteiger partial charge in [0.1, 0.15) is 0 Å². The van der Waals surface area contributed by atoms with E-state index in [4.69, 9.17) is 0 Å². The summed E-state index contributed by atoms with van der Waals surface area (Å²) in [6, 6.07) is 9.61. The first-order valence-corrected chi connectivity index (χ1v) is 7.63. The molecule has 1 fully saturated rings. The highest BCUT2D eigenvalue weighted by molar-refractivity contribution is 5.45. The Morgan fingerprint density at radius 2 is 1.79 bits per heavy atom. The molecule has 2 nitrogen and oxygen atoms in total. The SMILES string of the molecule is CC1CCCC(Nc2ccc(CN(C)C)cc2)CC1. The number of hydrogen-bond acceptors (Lipinski definition) is 2. The second-order valence-corrected chi connectivity index (χ2v) is 6.39. The van der Waals surface area contributed by atoms with Crippen molar-refractivity contribution in [3.05, 3.63) is 29.8 Å². The molecule has 1 N–H and O–H groups in total. The predicted molar refractivity (Wildman–Crippen MR) is 83.5 cm³/mol. The third-order valence-electron chi connectivity index (χ3n) is 4.08. The highest BCUT2D eigenvalue weighted by Gasteiger charge is 2.15. The molecule has 0 bridgehead atoms. The lowest BCUT2D eigenvalue weighted by Crippen LogP contribution is -2.18. The van der Waals surface area contributed by atoms with Crippen molar-refractivity contribution in [2.24, 2.45) is 5.92 Å². The van der Waals surface area contributed by atoms with Gasteiger partial charge in [-0.05, 0) is 57.0 Å². The van der Waals surface area contributed by atoms with E-state index in [2.05, 4.69) is 55.5 Å². The molecule has 0 aliphatic heterocycles. The van der Waals surface area contributed by atoms with E-state index >= 15 is 0 Å². The Bertz CT molecular complexity index is 369. The van der Waals surface area contributed by atoms with Crippen LogP contribution in [0.5, 0.6) is 0 Å². The summed E-state index contributed by atoms with van der Waals surface area (Å²) >= 11 is 0. The molecule has 0 spiro atoms. The molecule has 2 heteroatoms. The fourth-order valence-electron chi connectivity index (χ4n) is 2.94. The number of benzene rings is 1. The highest BCUT2D eigenvalue weighted by Crippen LogP contribution is 2.25. The summed E-state index contributed by atoms with van der Waals surface area (Å²) < 4.78 is 0. The molecule has 0 heterocycles. The van der Waals surface area contributed by atoms with Crippen molar-refractivity contribution in [3.8, 4) is 0 Å². The van der Waals surface area contributed by atoms with E-state index in [1.807, 2.05) is 0 Å². The van der Waals surface area contributed by atoms with Crippen LogP contribution in [0, 0.1) is 5.92 Å². The Hall–Kier alpha value is -1.02. The van der Waals surface area contributed by atoms with Gasteiger partial charge in [-0.2, -0.15) is 0 Å². The largest absolute Gasteiger partial charge is 0.382 e. The molecule has 0 radical (unpaired) electrons. The quantitative estimate of drug-likeness (QED) is 0.819. The fourth-order valence-corrected chi connectivity index (χ4v) is 2.94. The third kappa shape index (κ3) is 4.87. The first-order valence-electron chi connectivity index (χ1n) is 7.63. The molecule has 0 saturated heterocycles. The van der Waals surface area contributed by atoms with Crippen molar-refractivity contribution in [3.63, 3.8) is 0 Å². The van der Waals surface area contributed by atoms with Gasteiger partial charge in [0.15, 0.2) is 0 Å². The lowest BCUT2D eigenvalue weighted by Gasteiger charge is -2.18. The van der Waals surface area contributed by atoms with E-state index in [0.29, 0.717) is 6.04 Å².